The zero-order chi connectivity index (χ0) is 12.1. The van der Waals surface area contributed by atoms with Gasteiger partial charge in [-0.2, -0.15) is 0 Å². The Balaban J connectivity index is 3.12. The molecule has 0 unspecified atom stereocenters. The van der Waals surface area contributed by atoms with Crippen LogP contribution in [0.5, 0.6) is 0 Å². The molecule has 90 valence electrons. The highest BCUT2D eigenvalue weighted by Crippen LogP contribution is 2.22. The number of hydrogen-bond donors (Lipinski definition) is 1. The van der Waals surface area contributed by atoms with Crippen LogP contribution < -0.4 is 10.6 Å². The van der Waals surface area contributed by atoms with Crippen molar-refractivity contribution in [1.82, 2.24) is 4.98 Å². The van der Waals surface area contributed by atoms with Crippen LogP contribution in [0.15, 0.2) is 12.3 Å². The van der Waals surface area contributed by atoms with E-state index in [0.29, 0.717) is 12.6 Å². The molecule has 1 aromatic heterocycles. The highest BCUT2D eigenvalue weighted by Gasteiger charge is 2.15. The van der Waals surface area contributed by atoms with Crippen LogP contribution >= 0.6 is 0 Å². The third-order valence-corrected chi connectivity index (χ3v) is 2.83. The molecule has 1 heterocycles. The van der Waals surface area contributed by atoms with E-state index >= 15 is 0 Å². The molecule has 0 saturated carbocycles. The maximum Gasteiger partial charge on any atom is 0.133 e. The molecule has 0 amide bonds. The molecule has 0 aliphatic rings. The molecular formula is C13H23N3. The number of nitrogens with zero attached hydrogens (tertiary/aromatic N) is 2. The third kappa shape index (κ3) is 2.73. The lowest BCUT2D eigenvalue weighted by Gasteiger charge is -2.29. The molecule has 0 aliphatic carbocycles. The van der Waals surface area contributed by atoms with E-state index in [1.54, 1.807) is 0 Å². The summed E-state index contributed by atoms with van der Waals surface area (Å²) in [5, 5.41) is 0. The van der Waals surface area contributed by atoms with Crippen molar-refractivity contribution in [2.75, 3.05) is 11.4 Å². The molecule has 0 aromatic carbocycles. The Morgan fingerprint density at radius 1 is 1.44 bits per heavy atom. The second kappa shape index (κ2) is 5.85. The van der Waals surface area contributed by atoms with Crippen LogP contribution in [-0.4, -0.2) is 17.6 Å². The SMILES string of the molecule is CCCN(c1nccc(C)c1CN)C(C)C. The summed E-state index contributed by atoms with van der Waals surface area (Å²) in [6.45, 7) is 10.3. The molecule has 0 radical (unpaired) electrons. The summed E-state index contributed by atoms with van der Waals surface area (Å²) >= 11 is 0. The van der Waals surface area contributed by atoms with E-state index < -0.39 is 0 Å². The lowest BCUT2D eigenvalue weighted by atomic mass is 10.1. The van der Waals surface area contributed by atoms with Gasteiger partial charge in [-0.05, 0) is 38.8 Å². The van der Waals surface area contributed by atoms with Crippen LogP contribution in [0.3, 0.4) is 0 Å². The first-order valence-electron chi connectivity index (χ1n) is 6.03. The van der Waals surface area contributed by atoms with Gasteiger partial charge >= 0.3 is 0 Å². The maximum atomic E-state index is 5.82. The summed E-state index contributed by atoms with van der Waals surface area (Å²) in [4.78, 5) is 6.83. The average molecular weight is 221 g/mol. The Labute approximate surface area is 98.7 Å². The minimum atomic E-state index is 0.458. The summed E-state index contributed by atoms with van der Waals surface area (Å²) in [6.07, 6.45) is 2.99. The Morgan fingerprint density at radius 3 is 2.62 bits per heavy atom. The lowest BCUT2D eigenvalue weighted by Crippen LogP contribution is -2.33. The minimum Gasteiger partial charge on any atom is -0.354 e. The molecule has 0 fully saturated rings. The van der Waals surface area contributed by atoms with Crippen molar-refractivity contribution in [3.05, 3.63) is 23.4 Å². The number of aryl methyl sites for hydroxylation is 1. The average Bonchev–Trinajstić information content (AvgIpc) is 2.25. The fraction of sp³-hybridized carbons (Fsp3) is 0.615. The minimum absolute atomic E-state index is 0.458. The lowest BCUT2D eigenvalue weighted by molar-refractivity contribution is 0.657. The van der Waals surface area contributed by atoms with Crippen molar-refractivity contribution in [1.29, 1.82) is 0 Å². The predicted molar refractivity (Wildman–Crippen MR) is 69.6 cm³/mol. The van der Waals surface area contributed by atoms with Gasteiger partial charge in [-0.15, -0.1) is 0 Å². The van der Waals surface area contributed by atoms with Crippen molar-refractivity contribution in [2.24, 2.45) is 5.73 Å². The zero-order valence-corrected chi connectivity index (χ0v) is 10.8. The summed E-state index contributed by atoms with van der Waals surface area (Å²) in [7, 11) is 0. The molecule has 16 heavy (non-hydrogen) atoms. The molecule has 0 spiro atoms. The van der Waals surface area contributed by atoms with Crippen LogP contribution in [0.2, 0.25) is 0 Å². The second-order valence-electron chi connectivity index (χ2n) is 4.42. The van der Waals surface area contributed by atoms with Crippen molar-refractivity contribution in [3.8, 4) is 0 Å². The number of aromatic nitrogens is 1. The predicted octanol–water partition coefficient (Wildman–Crippen LogP) is 2.47. The Hall–Kier alpha value is -1.09. The van der Waals surface area contributed by atoms with Crippen molar-refractivity contribution < 1.29 is 0 Å². The molecule has 1 aromatic rings. The van der Waals surface area contributed by atoms with Crippen LogP contribution in [0, 0.1) is 6.92 Å². The zero-order valence-electron chi connectivity index (χ0n) is 10.8. The fourth-order valence-electron chi connectivity index (χ4n) is 1.92. The monoisotopic (exact) mass is 221 g/mol. The van der Waals surface area contributed by atoms with E-state index in [0.717, 1.165) is 18.8 Å². The molecular weight excluding hydrogens is 198 g/mol. The van der Waals surface area contributed by atoms with Gasteiger partial charge in [-0.25, -0.2) is 4.98 Å². The van der Waals surface area contributed by atoms with Gasteiger partial charge in [-0.1, -0.05) is 6.92 Å². The topological polar surface area (TPSA) is 42.2 Å². The number of anilines is 1. The Kier molecular flexibility index (Phi) is 4.74. The van der Waals surface area contributed by atoms with Crippen molar-refractivity contribution in [3.63, 3.8) is 0 Å². The molecule has 0 aliphatic heterocycles. The van der Waals surface area contributed by atoms with Gasteiger partial charge in [0.15, 0.2) is 0 Å². The Morgan fingerprint density at radius 2 is 2.12 bits per heavy atom. The summed E-state index contributed by atoms with van der Waals surface area (Å²) in [5.74, 6) is 1.05. The summed E-state index contributed by atoms with van der Waals surface area (Å²) in [5.41, 5.74) is 8.22. The fourth-order valence-corrected chi connectivity index (χ4v) is 1.92. The first-order valence-corrected chi connectivity index (χ1v) is 6.03. The molecule has 0 saturated heterocycles. The summed E-state index contributed by atoms with van der Waals surface area (Å²) < 4.78 is 0. The first kappa shape index (κ1) is 13.0. The quantitative estimate of drug-likeness (QED) is 0.830. The number of rotatable bonds is 5. The van der Waals surface area contributed by atoms with Gasteiger partial charge in [0.25, 0.3) is 0 Å². The van der Waals surface area contributed by atoms with E-state index in [2.05, 4.69) is 37.6 Å². The van der Waals surface area contributed by atoms with E-state index in [1.807, 2.05) is 12.3 Å². The number of hydrogen-bond acceptors (Lipinski definition) is 3. The highest BCUT2D eigenvalue weighted by atomic mass is 15.2. The molecule has 3 nitrogen and oxygen atoms in total. The molecule has 2 N–H and O–H groups in total. The molecule has 0 atom stereocenters. The van der Waals surface area contributed by atoms with Gasteiger partial charge in [0, 0.05) is 30.9 Å². The van der Waals surface area contributed by atoms with Gasteiger partial charge in [0.05, 0.1) is 0 Å². The van der Waals surface area contributed by atoms with Gasteiger partial charge < -0.3 is 10.6 Å². The number of pyridine rings is 1. The van der Waals surface area contributed by atoms with Crippen LogP contribution in [0.1, 0.15) is 38.3 Å². The molecule has 1 rings (SSSR count). The van der Waals surface area contributed by atoms with Crippen LogP contribution in [0.25, 0.3) is 0 Å². The van der Waals surface area contributed by atoms with Crippen molar-refractivity contribution >= 4 is 5.82 Å². The highest BCUT2D eigenvalue weighted by molar-refractivity contribution is 5.50. The van der Waals surface area contributed by atoms with E-state index in [4.69, 9.17) is 5.73 Å². The third-order valence-electron chi connectivity index (χ3n) is 2.83. The smallest absolute Gasteiger partial charge is 0.133 e. The van der Waals surface area contributed by atoms with Crippen LogP contribution in [0.4, 0.5) is 5.82 Å². The molecule has 0 bridgehead atoms. The van der Waals surface area contributed by atoms with Gasteiger partial charge in [-0.3, -0.25) is 0 Å². The maximum absolute atomic E-state index is 5.82. The summed E-state index contributed by atoms with van der Waals surface area (Å²) in [6, 6.07) is 2.48. The van der Waals surface area contributed by atoms with Crippen LogP contribution in [-0.2, 0) is 6.54 Å². The van der Waals surface area contributed by atoms with E-state index in [1.165, 1.54) is 11.1 Å². The first-order chi connectivity index (χ1) is 7.61. The largest absolute Gasteiger partial charge is 0.354 e. The Bertz CT molecular complexity index is 334. The normalized spacial score (nSPS) is 10.9. The second-order valence-corrected chi connectivity index (χ2v) is 4.42. The molecule has 3 heteroatoms. The van der Waals surface area contributed by atoms with Gasteiger partial charge in [0.1, 0.15) is 5.82 Å². The standard InChI is InChI=1S/C13H23N3/c1-5-8-16(10(2)3)13-12(9-14)11(4)6-7-15-13/h6-7,10H,5,8-9,14H2,1-4H3. The number of nitrogens with two attached hydrogens (primary N) is 1. The van der Waals surface area contributed by atoms with E-state index in [-0.39, 0.29) is 0 Å². The van der Waals surface area contributed by atoms with Crippen molar-refractivity contribution in [2.45, 2.75) is 46.7 Å². The van der Waals surface area contributed by atoms with Gasteiger partial charge in [0.2, 0.25) is 0 Å². The van der Waals surface area contributed by atoms with E-state index in [9.17, 15) is 0 Å².